The first-order chi connectivity index (χ1) is 15.5. The van der Waals surface area contributed by atoms with Crippen molar-refractivity contribution < 1.29 is 18.4 Å². The molecule has 1 N–H and O–H groups in total. The fourth-order valence-electron chi connectivity index (χ4n) is 3.04. The van der Waals surface area contributed by atoms with Gasteiger partial charge in [0.15, 0.2) is 11.7 Å². The molecule has 1 amide bonds. The number of benzene rings is 2. The molecule has 4 rings (SSSR count). The summed E-state index contributed by atoms with van der Waals surface area (Å²) in [5.41, 5.74) is 1.16. The fourth-order valence-corrected chi connectivity index (χ4v) is 3.22. The van der Waals surface area contributed by atoms with Crippen molar-refractivity contribution in [2.75, 3.05) is 5.32 Å². The Kier molecular flexibility index (Phi) is 5.83. The maximum atomic E-state index is 13.1. The second-order valence-electron chi connectivity index (χ2n) is 6.71. The maximum absolute atomic E-state index is 13.1. The molecule has 0 aliphatic rings. The van der Waals surface area contributed by atoms with Crippen molar-refractivity contribution in [3.63, 3.8) is 0 Å². The van der Waals surface area contributed by atoms with Crippen LogP contribution in [0.3, 0.4) is 0 Å². The van der Waals surface area contributed by atoms with E-state index in [-0.39, 0.29) is 11.4 Å². The molecule has 2 heterocycles. The molecule has 0 spiro atoms. The van der Waals surface area contributed by atoms with Crippen molar-refractivity contribution in [1.29, 1.82) is 5.26 Å². The minimum atomic E-state index is -1.66. The van der Waals surface area contributed by atoms with Gasteiger partial charge in [-0.2, -0.15) is 10.4 Å². The molecule has 0 fully saturated rings. The zero-order valence-corrected chi connectivity index (χ0v) is 17.1. The van der Waals surface area contributed by atoms with Crippen LogP contribution in [0, 0.1) is 23.1 Å². The van der Waals surface area contributed by atoms with Crippen LogP contribution in [0.1, 0.15) is 10.5 Å². The van der Waals surface area contributed by atoms with E-state index in [0.29, 0.717) is 22.2 Å². The summed E-state index contributed by atoms with van der Waals surface area (Å²) in [7, 11) is 0. The first-order valence-corrected chi connectivity index (χ1v) is 9.74. The summed E-state index contributed by atoms with van der Waals surface area (Å²) in [6, 6.07) is 18.3. The molecule has 7 nitrogen and oxygen atoms in total. The van der Waals surface area contributed by atoms with Crippen molar-refractivity contribution in [2.24, 2.45) is 5.92 Å². The van der Waals surface area contributed by atoms with E-state index in [9.17, 15) is 19.2 Å². The van der Waals surface area contributed by atoms with Gasteiger partial charge in [0.25, 0.3) is 0 Å². The number of rotatable bonds is 6. The monoisotopic (exact) mass is 448 g/mol. The van der Waals surface area contributed by atoms with Gasteiger partial charge in [0.1, 0.15) is 17.2 Å². The van der Waals surface area contributed by atoms with Crippen molar-refractivity contribution in [3.8, 4) is 23.2 Å². The summed E-state index contributed by atoms with van der Waals surface area (Å²) in [5.74, 6) is -3.34. The summed E-state index contributed by atoms with van der Waals surface area (Å²) in [5, 5.41) is 16.7. The average Bonchev–Trinajstić information content (AvgIpc) is 3.46. The predicted molar refractivity (Wildman–Crippen MR) is 115 cm³/mol. The molecule has 0 radical (unpaired) electrons. The molecule has 9 heteroatoms. The van der Waals surface area contributed by atoms with Crippen molar-refractivity contribution in [2.45, 2.75) is 0 Å². The number of amides is 1. The molecule has 0 aliphatic heterocycles. The third kappa shape index (κ3) is 4.29. The molecular weight excluding hydrogens is 435 g/mol. The van der Waals surface area contributed by atoms with Crippen molar-refractivity contribution in [1.82, 2.24) is 9.78 Å². The van der Waals surface area contributed by atoms with Crippen molar-refractivity contribution >= 4 is 29.0 Å². The number of anilines is 1. The van der Waals surface area contributed by atoms with E-state index in [1.165, 1.54) is 29.1 Å². The Balaban J connectivity index is 1.68. The van der Waals surface area contributed by atoms with Gasteiger partial charge in [-0.1, -0.05) is 17.7 Å². The Morgan fingerprint density at radius 2 is 1.91 bits per heavy atom. The number of aromatic nitrogens is 2. The lowest BCUT2D eigenvalue weighted by Gasteiger charge is -2.08. The third-order valence-corrected chi connectivity index (χ3v) is 4.79. The molecule has 32 heavy (non-hydrogen) atoms. The summed E-state index contributed by atoms with van der Waals surface area (Å²) < 4.78 is 20.0. The van der Waals surface area contributed by atoms with Crippen LogP contribution >= 0.6 is 11.6 Å². The van der Waals surface area contributed by atoms with Gasteiger partial charge in [0.05, 0.1) is 18.0 Å². The van der Waals surface area contributed by atoms with E-state index in [0.717, 1.165) is 12.1 Å². The van der Waals surface area contributed by atoms with Crippen LogP contribution in [0.25, 0.3) is 17.1 Å². The zero-order valence-electron chi connectivity index (χ0n) is 16.3. The highest BCUT2D eigenvalue weighted by Gasteiger charge is 2.31. The summed E-state index contributed by atoms with van der Waals surface area (Å²) in [6.07, 6.45) is 1.47. The van der Waals surface area contributed by atoms with Gasteiger partial charge in [-0.25, -0.2) is 9.07 Å². The van der Waals surface area contributed by atoms with Crippen molar-refractivity contribution in [3.05, 3.63) is 89.5 Å². The lowest BCUT2D eigenvalue weighted by Crippen LogP contribution is -2.29. The standard InChI is InChI=1S/C23H14ClFN4O3/c24-14-3-1-4-17(11-14)29-20(21-5-2-10-32-21)12-19(28-29)22(30)18(13-26)23(31)27-16-8-6-15(25)7-9-16/h1-12,18H,(H,27,31)/t18-/m0/s1. The molecule has 0 saturated carbocycles. The van der Waals surface area contributed by atoms with Gasteiger partial charge < -0.3 is 9.73 Å². The Morgan fingerprint density at radius 3 is 2.56 bits per heavy atom. The number of carbonyl (C=O) groups excluding carboxylic acids is 2. The molecule has 0 saturated heterocycles. The van der Waals surface area contributed by atoms with E-state index < -0.39 is 23.4 Å². The highest BCUT2D eigenvalue weighted by atomic mass is 35.5. The second-order valence-corrected chi connectivity index (χ2v) is 7.14. The Labute approximate surface area is 186 Å². The molecule has 0 aliphatic carbocycles. The number of halogens is 2. The van der Waals surface area contributed by atoms with Crippen LogP contribution in [-0.2, 0) is 4.79 Å². The van der Waals surface area contributed by atoms with Gasteiger partial charge in [0, 0.05) is 10.7 Å². The second kappa shape index (κ2) is 8.88. The number of Topliss-reactive ketones (excluding diaryl/α,β-unsaturated/α-hetero) is 1. The lowest BCUT2D eigenvalue weighted by atomic mass is 10.0. The third-order valence-electron chi connectivity index (χ3n) is 4.55. The number of carbonyl (C=O) groups is 2. The molecule has 0 unspecified atom stereocenters. The van der Waals surface area contributed by atoms with Gasteiger partial charge in [-0.05, 0) is 60.7 Å². The summed E-state index contributed by atoms with van der Waals surface area (Å²) >= 11 is 6.09. The SMILES string of the molecule is N#C[C@H](C(=O)Nc1ccc(F)cc1)C(=O)c1cc(-c2ccco2)n(-c2cccc(Cl)c2)n1. The highest BCUT2D eigenvalue weighted by Crippen LogP contribution is 2.27. The van der Waals surface area contributed by atoms with Crippen LogP contribution in [-0.4, -0.2) is 21.5 Å². The quantitative estimate of drug-likeness (QED) is 0.334. The normalized spacial score (nSPS) is 11.5. The van der Waals surface area contributed by atoms with E-state index >= 15 is 0 Å². The van der Waals surface area contributed by atoms with Crippen LogP contribution in [0.5, 0.6) is 0 Å². The van der Waals surface area contributed by atoms with E-state index in [1.54, 1.807) is 42.5 Å². The number of nitrogens with one attached hydrogen (secondary N) is 1. The van der Waals surface area contributed by atoms with Crippen LogP contribution < -0.4 is 5.32 Å². The average molecular weight is 449 g/mol. The smallest absolute Gasteiger partial charge is 0.249 e. The fraction of sp³-hybridized carbons (Fsp3) is 0.0435. The summed E-state index contributed by atoms with van der Waals surface area (Å²) in [4.78, 5) is 25.6. The minimum Gasteiger partial charge on any atom is -0.463 e. The van der Waals surface area contributed by atoms with E-state index in [1.807, 2.05) is 0 Å². The number of hydrogen-bond donors (Lipinski definition) is 1. The molecule has 2 aromatic heterocycles. The van der Waals surface area contributed by atoms with Gasteiger partial charge in [-0.3, -0.25) is 9.59 Å². The number of nitrogens with zero attached hydrogens (tertiary/aromatic N) is 3. The first-order valence-electron chi connectivity index (χ1n) is 9.36. The Morgan fingerprint density at radius 1 is 1.12 bits per heavy atom. The minimum absolute atomic E-state index is 0.0998. The topological polar surface area (TPSA) is 101 Å². The molecular formula is C23H14ClFN4O3. The largest absolute Gasteiger partial charge is 0.463 e. The highest BCUT2D eigenvalue weighted by molar-refractivity contribution is 6.30. The predicted octanol–water partition coefficient (Wildman–Crippen LogP) is 4.89. The van der Waals surface area contributed by atoms with Crippen LogP contribution in [0.2, 0.25) is 5.02 Å². The molecule has 4 aromatic rings. The molecule has 1 atom stereocenters. The van der Waals surface area contributed by atoms with Crippen LogP contribution in [0.4, 0.5) is 10.1 Å². The van der Waals surface area contributed by atoms with E-state index in [2.05, 4.69) is 10.4 Å². The molecule has 0 bridgehead atoms. The van der Waals surface area contributed by atoms with Gasteiger partial charge in [0.2, 0.25) is 11.7 Å². The van der Waals surface area contributed by atoms with Gasteiger partial charge >= 0.3 is 0 Å². The number of furan rings is 1. The number of ketones is 1. The van der Waals surface area contributed by atoms with Crippen LogP contribution in [0.15, 0.2) is 77.4 Å². The zero-order chi connectivity index (χ0) is 22.7. The Hall–Kier alpha value is -4.22. The first kappa shape index (κ1) is 21.0. The molecule has 2 aromatic carbocycles. The molecule has 158 valence electrons. The van der Waals surface area contributed by atoms with Gasteiger partial charge in [-0.15, -0.1) is 0 Å². The lowest BCUT2D eigenvalue weighted by molar-refractivity contribution is -0.117. The summed E-state index contributed by atoms with van der Waals surface area (Å²) in [6.45, 7) is 0. The Bertz CT molecular complexity index is 1320. The number of nitriles is 1. The maximum Gasteiger partial charge on any atom is 0.249 e. The van der Waals surface area contributed by atoms with E-state index in [4.69, 9.17) is 16.0 Å². The number of hydrogen-bond acceptors (Lipinski definition) is 5.